The monoisotopic (exact) mass is 707 g/mol. The highest BCUT2D eigenvalue weighted by molar-refractivity contribution is 5.87. The van der Waals surface area contributed by atoms with Crippen LogP contribution >= 0.6 is 0 Å². The third kappa shape index (κ3) is 6.83. The maximum atomic E-state index is 2.46. The molecule has 2 aliphatic rings. The molecule has 0 aromatic heterocycles. The third-order valence-electron chi connectivity index (χ3n) is 12.4. The second-order valence-electron chi connectivity index (χ2n) is 18.6. The van der Waals surface area contributed by atoms with Crippen molar-refractivity contribution in [2.75, 3.05) is 4.90 Å². The zero-order valence-corrected chi connectivity index (χ0v) is 33.8. The van der Waals surface area contributed by atoms with Gasteiger partial charge in [0.1, 0.15) is 0 Å². The topological polar surface area (TPSA) is 3.24 Å². The summed E-state index contributed by atoms with van der Waals surface area (Å²) in [6.45, 7) is 18.7. The predicted octanol–water partition coefficient (Wildman–Crippen LogP) is 15.4. The first-order valence-corrected chi connectivity index (χ1v) is 20.3. The van der Waals surface area contributed by atoms with Gasteiger partial charge >= 0.3 is 0 Å². The molecule has 0 saturated heterocycles. The van der Waals surface area contributed by atoms with Gasteiger partial charge in [-0.3, -0.25) is 0 Å². The van der Waals surface area contributed by atoms with Crippen LogP contribution in [-0.2, 0) is 16.2 Å². The summed E-state index contributed by atoms with van der Waals surface area (Å²) in [4.78, 5) is 2.46. The van der Waals surface area contributed by atoms with Gasteiger partial charge in [0.25, 0.3) is 0 Å². The first-order chi connectivity index (χ1) is 25.8. The minimum Gasteiger partial charge on any atom is -0.310 e. The van der Waals surface area contributed by atoms with Crippen molar-refractivity contribution >= 4 is 17.1 Å². The lowest BCUT2D eigenvalue weighted by molar-refractivity contribution is 0.443. The van der Waals surface area contributed by atoms with Gasteiger partial charge in [-0.25, -0.2) is 0 Å². The van der Waals surface area contributed by atoms with E-state index >= 15 is 0 Å². The molecule has 6 aromatic rings. The molecule has 0 heterocycles. The van der Waals surface area contributed by atoms with Gasteiger partial charge in [0.05, 0.1) is 0 Å². The van der Waals surface area contributed by atoms with Crippen LogP contribution in [0.5, 0.6) is 0 Å². The van der Waals surface area contributed by atoms with Gasteiger partial charge in [0, 0.05) is 22.5 Å². The van der Waals surface area contributed by atoms with Crippen LogP contribution in [0.3, 0.4) is 0 Å². The fraction of sp³-hybridized carbons (Fsp3) is 0.321. The average molecular weight is 708 g/mol. The number of benzene rings is 6. The van der Waals surface area contributed by atoms with Crippen LogP contribution in [0.25, 0.3) is 33.4 Å². The molecule has 6 aromatic carbocycles. The number of anilines is 3. The Balaban J connectivity index is 1.22. The molecule has 0 spiro atoms. The Morgan fingerprint density at radius 3 is 1.69 bits per heavy atom. The highest BCUT2D eigenvalue weighted by Crippen LogP contribution is 2.51. The van der Waals surface area contributed by atoms with Crippen LogP contribution in [0.4, 0.5) is 17.1 Å². The normalized spacial score (nSPS) is 15.5. The molecule has 0 aliphatic heterocycles. The molecular weight excluding hydrogens is 651 g/mol. The van der Waals surface area contributed by atoms with Gasteiger partial charge in [-0.05, 0) is 127 Å². The summed E-state index contributed by atoms with van der Waals surface area (Å²) < 4.78 is 0. The van der Waals surface area contributed by atoms with E-state index in [4.69, 9.17) is 0 Å². The molecule has 0 N–H and O–H groups in total. The Morgan fingerprint density at radius 2 is 1.04 bits per heavy atom. The molecule has 0 radical (unpaired) electrons. The Kier molecular flexibility index (Phi) is 9.20. The Hall–Kier alpha value is -4.88. The molecular formula is C53H57N. The van der Waals surface area contributed by atoms with Gasteiger partial charge in [0.15, 0.2) is 0 Å². The van der Waals surface area contributed by atoms with Gasteiger partial charge < -0.3 is 4.90 Å². The third-order valence-corrected chi connectivity index (χ3v) is 12.4. The van der Waals surface area contributed by atoms with Crippen LogP contribution in [0.15, 0.2) is 133 Å². The molecule has 0 atom stereocenters. The van der Waals surface area contributed by atoms with E-state index in [0.717, 1.165) is 17.3 Å². The molecule has 54 heavy (non-hydrogen) atoms. The summed E-state index contributed by atoms with van der Waals surface area (Å²) in [6, 6.07) is 51.1. The predicted molar refractivity (Wildman–Crippen MR) is 233 cm³/mol. The minimum absolute atomic E-state index is 0.0480. The summed E-state index contributed by atoms with van der Waals surface area (Å²) in [5.74, 6) is 0.723. The molecule has 1 heteroatoms. The standard InChI is InChI=1S/C53H57N/c1-51(2,3)42-31-41(32-43(34-42)52(4,5)6)40-17-14-18-45(33-40)54(46-29-30-48-47-19-12-13-20-49(47)53(7,8)50(48)35-46)44-27-25-39(26-28-44)38-23-21-37(22-24-38)36-15-10-9-11-16-36/h12-14,17-36H,9-11,15-16H2,1-8H3. The average Bonchev–Trinajstić information content (AvgIpc) is 3.40. The molecule has 8 rings (SSSR count). The highest BCUT2D eigenvalue weighted by Gasteiger charge is 2.35. The van der Waals surface area contributed by atoms with E-state index in [9.17, 15) is 0 Å². The summed E-state index contributed by atoms with van der Waals surface area (Å²) in [6.07, 6.45) is 6.78. The Labute approximate surface area is 325 Å². The second-order valence-corrected chi connectivity index (χ2v) is 18.6. The molecule has 274 valence electrons. The van der Waals surface area contributed by atoms with E-state index in [1.165, 1.54) is 99.0 Å². The van der Waals surface area contributed by atoms with Gasteiger partial charge in [-0.2, -0.15) is 0 Å². The van der Waals surface area contributed by atoms with Crippen molar-refractivity contribution in [1.29, 1.82) is 0 Å². The first-order valence-electron chi connectivity index (χ1n) is 20.3. The quantitative estimate of drug-likeness (QED) is 0.167. The zero-order valence-electron chi connectivity index (χ0n) is 33.8. The number of hydrogen-bond acceptors (Lipinski definition) is 1. The molecule has 0 bridgehead atoms. The smallest absolute Gasteiger partial charge is 0.0467 e. The number of rotatable bonds is 6. The summed E-state index contributed by atoms with van der Waals surface area (Å²) in [5.41, 5.74) is 18.3. The van der Waals surface area contributed by atoms with Crippen molar-refractivity contribution in [3.05, 3.63) is 161 Å². The molecule has 1 nitrogen and oxygen atoms in total. The second kappa shape index (κ2) is 13.8. The molecule has 2 aliphatic carbocycles. The van der Waals surface area contributed by atoms with E-state index in [1.807, 2.05) is 0 Å². The van der Waals surface area contributed by atoms with E-state index in [2.05, 4.69) is 194 Å². The maximum Gasteiger partial charge on any atom is 0.0467 e. The van der Waals surface area contributed by atoms with Crippen LogP contribution in [-0.4, -0.2) is 0 Å². The fourth-order valence-electron chi connectivity index (χ4n) is 8.95. The molecule has 0 unspecified atom stereocenters. The van der Waals surface area contributed by atoms with Crippen molar-refractivity contribution in [2.45, 2.75) is 110 Å². The van der Waals surface area contributed by atoms with Crippen molar-refractivity contribution in [2.24, 2.45) is 0 Å². The van der Waals surface area contributed by atoms with Crippen LogP contribution in [0.1, 0.15) is 121 Å². The van der Waals surface area contributed by atoms with E-state index in [-0.39, 0.29) is 16.2 Å². The van der Waals surface area contributed by atoms with Gasteiger partial charge in [-0.1, -0.05) is 172 Å². The SMILES string of the molecule is CC(C)(C)c1cc(-c2cccc(N(c3ccc(-c4ccc(C5CCCCC5)cc4)cc3)c3ccc4c(c3)C(C)(C)c3ccccc3-4)c2)cc(C(C)(C)C)c1. The first kappa shape index (κ1) is 36.1. The summed E-state index contributed by atoms with van der Waals surface area (Å²) in [5, 5.41) is 0. The van der Waals surface area contributed by atoms with Crippen molar-refractivity contribution in [3.8, 4) is 33.4 Å². The lowest BCUT2D eigenvalue weighted by atomic mass is 9.79. The largest absolute Gasteiger partial charge is 0.310 e. The molecule has 1 fully saturated rings. The van der Waals surface area contributed by atoms with Gasteiger partial charge in [-0.15, -0.1) is 0 Å². The van der Waals surface area contributed by atoms with Crippen molar-refractivity contribution in [3.63, 3.8) is 0 Å². The van der Waals surface area contributed by atoms with Crippen molar-refractivity contribution < 1.29 is 0 Å². The lowest BCUT2D eigenvalue weighted by Gasteiger charge is -2.29. The Morgan fingerprint density at radius 1 is 0.463 bits per heavy atom. The van der Waals surface area contributed by atoms with Crippen LogP contribution in [0.2, 0.25) is 0 Å². The zero-order chi connectivity index (χ0) is 37.8. The fourth-order valence-corrected chi connectivity index (χ4v) is 8.95. The highest BCUT2D eigenvalue weighted by atomic mass is 15.1. The lowest BCUT2D eigenvalue weighted by Crippen LogP contribution is -2.17. The van der Waals surface area contributed by atoms with E-state index < -0.39 is 0 Å². The van der Waals surface area contributed by atoms with Gasteiger partial charge in [0.2, 0.25) is 0 Å². The molecule has 0 amide bonds. The van der Waals surface area contributed by atoms with E-state index in [0.29, 0.717) is 0 Å². The number of fused-ring (bicyclic) bond motifs is 3. The van der Waals surface area contributed by atoms with Crippen molar-refractivity contribution in [1.82, 2.24) is 0 Å². The number of hydrogen-bond donors (Lipinski definition) is 0. The van der Waals surface area contributed by atoms with E-state index in [1.54, 1.807) is 0 Å². The minimum atomic E-state index is -0.0835. The van der Waals surface area contributed by atoms with Crippen LogP contribution < -0.4 is 4.90 Å². The Bertz CT molecular complexity index is 2250. The maximum absolute atomic E-state index is 2.46. The summed E-state index contributed by atoms with van der Waals surface area (Å²) in [7, 11) is 0. The van der Waals surface area contributed by atoms with Crippen LogP contribution in [0, 0.1) is 0 Å². The summed E-state index contributed by atoms with van der Waals surface area (Å²) >= 11 is 0. The molecule has 1 saturated carbocycles. The number of nitrogens with zero attached hydrogens (tertiary/aromatic N) is 1.